The standard InChI is InChI=1S/C19H23N5O2/c1-23-14-20-11-16(23)18-21-17(26-22-18)10-19(25)8-5-9-24(13-19)12-15-6-3-2-4-7-15/h2-4,6-7,11,14,25H,5,8-10,12-13H2,1H3. The fourth-order valence-electron chi connectivity index (χ4n) is 3.61. The third-order valence-electron chi connectivity index (χ3n) is 4.88. The van der Waals surface area contributed by atoms with Crippen LogP contribution in [0, 0.1) is 0 Å². The average Bonchev–Trinajstić information content (AvgIpc) is 3.24. The molecule has 7 heteroatoms. The molecule has 1 saturated heterocycles. The van der Waals surface area contributed by atoms with Gasteiger partial charge in [-0.05, 0) is 24.9 Å². The zero-order valence-electron chi connectivity index (χ0n) is 14.9. The molecule has 1 unspecified atom stereocenters. The lowest BCUT2D eigenvalue weighted by atomic mass is 9.89. The Balaban J connectivity index is 1.44. The fourth-order valence-corrected chi connectivity index (χ4v) is 3.61. The minimum atomic E-state index is -0.844. The van der Waals surface area contributed by atoms with Gasteiger partial charge in [0, 0.05) is 20.1 Å². The second kappa shape index (κ2) is 7.01. The molecule has 1 aliphatic rings. The molecule has 7 nitrogen and oxygen atoms in total. The molecule has 3 aromatic rings. The molecule has 136 valence electrons. The van der Waals surface area contributed by atoms with Gasteiger partial charge in [-0.3, -0.25) is 4.90 Å². The molecular weight excluding hydrogens is 330 g/mol. The van der Waals surface area contributed by atoms with E-state index in [9.17, 15) is 5.11 Å². The van der Waals surface area contributed by atoms with Crippen LogP contribution in [0.5, 0.6) is 0 Å². The molecule has 0 bridgehead atoms. The Bertz CT molecular complexity index is 860. The van der Waals surface area contributed by atoms with Gasteiger partial charge in [-0.2, -0.15) is 4.98 Å². The number of likely N-dealkylation sites (tertiary alicyclic amines) is 1. The number of hydrogen-bond donors (Lipinski definition) is 1. The monoisotopic (exact) mass is 353 g/mol. The maximum atomic E-state index is 11.1. The highest BCUT2D eigenvalue weighted by Gasteiger charge is 2.35. The first kappa shape index (κ1) is 16.9. The molecule has 0 radical (unpaired) electrons. The van der Waals surface area contributed by atoms with Crippen LogP contribution in [0.2, 0.25) is 0 Å². The van der Waals surface area contributed by atoms with E-state index < -0.39 is 5.60 Å². The van der Waals surface area contributed by atoms with Crippen molar-refractivity contribution in [3.8, 4) is 11.5 Å². The van der Waals surface area contributed by atoms with Gasteiger partial charge in [-0.15, -0.1) is 0 Å². The molecule has 1 aliphatic heterocycles. The van der Waals surface area contributed by atoms with Crippen LogP contribution in [0.3, 0.4) is 0 Å². The predicted molar refractivity (Wildman–Crippen MR) is 96.1 cm³/mol. The molecule has 0 amide bonds. The summed E-state index contributed by atoms with van der Waals surface area (Å²) < 4.78 is 7.22. The maximum Gasteiger partial charge on any atom is 0.229 e. The third-order valence-corrected chi connectivity index (χ3v) is 4.88. The van der Waals surface area contributed by atoms with Gasteiger partial charge >= 0.3 is 0 Å². The van der Waals surface area contributed by atoms with E-state index in [1.165, 1.54) is 5.56 Å². The highest BCUT2D eigenvalue weighted by Crippen LogP contribution is 2.26. The number of rotatable bonds is 5. The Hall–Kier alpha value is -2.51. The van der Waals surface area contributed by atoms with E-state index in [1.807, 2.05) is 29.8 Å². The number of aryl methyl sites for hydroxylation is 1. The highest BCUT2D eigenvalue weighted by molar-refractivity contribution is 5.47. The van der Waals surface area contributed by atoms with Crippen molar-refractivity contribution >= 4 is 0 Å². The summed E-state index contributed by atoms with van der Waals surface area (Å²) in [7, 11) is 1.88. The summed E-state index contributed by atoms with van der Waals surface area (Å²) in [6, 6.07) is 10.3. The normalized spacial score (nSPS) is 21.2. The molecule has 1 atom stereocenters. The van der Waals surface area contributed by atoms with Crippen LogP contribution >= 0.6 is 0 Å². The van der Waals surface area contributed by atoms with E-state index in [-0.39, 0.29) is 0 Å². The second-order valence-corrected chi connectivity index (χ2v) is 7.10. The topological polar surface area (TPSA) is 80.2 Å². The second-order valence-electron chi connectivity index (χ2n) is 7.10. The largest absolute Gasteiger partial charge is 0.388 e. The Morgan fingerprint density at radius 2 is 2.12 bits per heavy atom. The Morgan fingerprint density at radius 1 is 1.27 bits per heavy atom. The van der Waals surface area contributed by atoms with Crippen LogP contribution in [-0.4, -0.2) is 48.4 Å². The number of hydrogen-bond acceptors (Lipinski definition) is 6. The van der Waals surface area contributed by atoms with Gasteiger partial charge in [-0.25, -0.2) is 4.98 Å². The first-order valence-corrected chi connectivity index (χ1v) is 8.89. The Kier molecular flexibility index (Phi) is 4.57. The van der Waals surface area contributed by atoms with Gasteiger partial charge in [0.05, 0.1) is 24.5 Å². The third kappa shape index (κ3) is 3.68. The van der Waals surface area contributed by atoms with Crippen molar-refractivity contribution in [2.45, 2.75) is 31.4 Å². The van der Waals surface area contributed by atoms with Crippen LogP contribution in [0.15, 0.2) is 47.4 Å². The molecule has 1 fully saturated rings. The summed E-state index contributed by atoms with van der Waals surface area (Å²) in [5.74, 6) is 0.964. The molecule has 0 spiro atoms. The minimum absolute atomic E-state index is 0.364. The van der Waals surface area contributed by atoms with Crippen molar-refractivity contribution in [3.05, 3.63) is 54.3 Å². The first-order valence-electron chi connectivity index (χ1n) is 8.89. The van der Waals surface area contributed by atoms with Crippen molar-refractivity contribution in [2.75, 3.05) is 13.1 Å². The Morgan fingerprint density at radius 3 is 2.88 bits per heavy atom. The van der Waals surface area contributed by atoms with Gasteiger partial charge in [0.2, 0.25) is 11.7 Å². The highest BCUT2D eigenvalue weighted by atomic mass is 16.5. The molecule has 0 saturated carbocycles. The van der Waals surface area contributed by atoms with E-state index >= 15 is 0 Å². The summed E-state index contributed by atoms with van der Waals surface area (Å²) >= 11 is 0. The number of imidazole rings is 1. The number of aliphatic hydroxyl groups is 1. The van der Waals surface area contributed by atoms with Crippen LogP contribution in [0.25, 0.3) is 11.5 Å². The quantitative estimate of drug-likeness (QED) is 0.756. The van der Waals surface area contributed by atoms with Crippen molar-refractivity contribution in [3.63, 3.8) is 0 Å². The number of piperidine rings is 1. The van der Waals surface area contributed by atoms with Gasteiger partial charge in [0.15, 0.2) is 0 Å². The summed E-state index contributed by atoms with van der Waals surface area (Å²) in [6.45, 7) is 2.43. The van der Waals surface area contributed by atoms with Crippen LogP contribution < -0.4 is 0 Å². The summed E-state index contributed by atoms with van der Waals surface area (Å²) in [4.78, 5) is 10.8. The van der Waals surface area contributed by atoms with Crippen LogP contribution in [0.4, 0.5) is 0 Å². The van der Waals surface area contributed by atoms with Crippen molar-refractivity contribution in [1.29, 1.82) is 0 Å². The zero-order valence-corrected chi connectivity index (χ0v) is 14.9. The van der Waals surface area contributed by atoms with E-state index in [0.717, 1.165) is 31.6 Å². The number of nitrogens with zero attached hydrogens (tertiary/aromatic N) is 5. The van der Waals surface area contributed by atoms with Gasteiger partial charge < -0.3 is 14.2 Å². The molecular formula is C19H23N5O2. The van der Waals surface area contributed by atoms with Crippen molar-refractivity contribution < 1.29 is 9.63 Å². The van der Waals surface area contributed by atoms with E-state index in [2.05, 4.69) is 32.2 Å². The van der Waals surface area contributed by atoms with Crippen LogP contribution in [0.1, 0.15) is 24.3 Å². The van der Waals surface area contributed by atoms with E-state index in [4.69, 9.17) is 4.52 Å². The molecule has 3 heterocycles. The molecule has 1 aromatic carbocycles. The van der Waals surface area contributed by atoms with Gasteiger partial charge in [0.25, 0.3) is 0 Å². The molecule has 4 rings (SSSR count). The average molecular weight is 353 g/mol. The fraction of sp³-hybridized carbons (Fsp3) is 0.421. The van der Waals surface area contributed by atoms with Crippen LogP contribution in [-0.2, 0) is 20.0 Å². The lowest BCUT2D eigenvalue weighted by Gasteiger charge is -2.38. The van der Waals surface area contributed by atoms with Crippen molar-refractivity contribution in [1.82, 2.24) is 24.6 Å². The van der Waals surface area contributed by atoms with Gasteiger partial charge in [0.1, 0.15) is 5.69 Å². The summed E-state index contributed by atoms with van der Waals surface area (Å²) in [6.07, 6.45) is 5.45. The SMILES string of the molecule is Cn1cncc1-c1noc(CC2(O)CCCN(Cc3ccccc3)C2)n1. The zero-order chi connectivity index (χ0) is 18.0. The van der Waals surface area contributed by atoms with Gasteiger partial charge in [-0.1, -0.05) is 35.5 Å². The van der Waals surface area contributed by atoms with Crippen molar-refractivity contribution in [2.24, 2.45) is 7.05 Å². The van der Waals surface area contributed by atoms with E-state index in [1.54, 1.807) is 12.5 Å². The number of aromatic nitrogens is 4. The minimum Gasteiger partial charge on any atom is -0.388 e. The van der Waals surface area contributed by atoms with E-state index in [0.29, 0.717) is 24.7 Å². The predicted octanol–water partition coefficient (Wildman–Crippen LogP) is 2.04. The number of β-amino-alcohol motifs (C(OH)–C–C–N with tert-alkyl or cyclic N) is 1. The lowest BCUT2D eigenvalue weighted by molar-refractivity contribution is -0.0373. The lowest BCUT2D eigenvalue weighted by Crippen LogP contribution is -2.49. The smallest absolute Gasteiger partial charge is 0.229 e. The molecule has 1 N–H and O–H groups in total. The molecule has 0 aliphatic carbocycles. The summed E-state index contributed by atoms with van der Waals surface area (Å²) in [5.41, 5.74) is 1.21. The first-order chi connectivity index (χ1) is 12.6. The summed E-state index contributed by atoms with van der Waals surface area (Å²) in [5, 5.41) is 15.1. The molecule has 26 heavy (non-hydrogen) atoms. The maximum absolute atomic E-state index is 11.1. The molecule has 2 aromatic heterocycles. The number of benzene rings is 1. The Labute approximate surface area is 152 Å².